The van der Waals surface area contributed by atoms with Gasteiger partial charge in [0.15, 0.2) is 5.78 Å². The van der Waals surface area contributed by atoms with E-state index in [0.717, 1.165) is 11.1 Å². The lowest BCUT2D eigenvalue weighted by molar-refractivity contribution is 0.0964. The molecule has 1 rings (SSSR count). The first-order valence-electron chi connectivity index (χ1n) is 5.75. The van der Waals surface area contributed by atoms with E-state index in [0.29, 0.717) is 28.7 Å². The lowest BCUT2D eigenvalue weighted by atomic mass is 9.95. The van der Waals surface area contributed by atoms with Gasteiger partial charge in [0, 0.05) is 11.4 Å². The van der Waals surface area contributed by atoms with Gasteiger partial charge in [-0.1, -0.05) is 25.4 Å². The third kappa shape index (κ3) is 3.01. The molecule has 0 bridgehead atoms. The number of Topliss-reactive ketones (excluding diaryl/α,β-unsaturated/α-hetero) is 1. The Balaban J connectivity index is 3.30. The fraction of sp³-hybridized carbons (Fsp3) is 0.500. The molecule has 0 aliphatic heterocycles. The first kappa shape index (κ1) is 14.0. The third-order valence-corrected chi connectivity index (χ3v) is 3.32. The number of carbonyl (C=O) groups is 1. The number of ketones is 1. The fourth-order valence-corrected chi connectivity index (χ4v) is 2.05. The molecule has 0 aromatic heterocycles. The van der Waals surface area contributed by atoms with Crippen molar-refractivity contribution in [3.8, 4) is 5.75 Å². The predicted molar refractivity (Wildman–Crippen MR) is 71.3 cm³/mol. The van der Waals surface area contributed by atoms with Crippen LogP contribution in [0.3, 0.4) is 0 Å². The molecule has 0 saturated heterocycles. The van der Waals surface area contributed by atoms with Crippen LogP contribution in [0.4, 0.5) is 0 Å². The van der Waals surface area contributed by atoms with Gasteiger partial charge in [0.05, 0.1) is 12.7 Å². The molecule has 0 fully saturated rings. The molecule has 0 heterocycles. The summed E-state index contributed by atoms with van der Waals surface area (Å²) in [5.74, 6) is 1.04. The van der Waals surface area contributed by atoms with Crippen molar-refractivity contribution in [1.29, 1.82) is 0 Å². The van der Waals surface area contributed by atoms with Crippen LogP contribution in [0.1, 0.15) is 41.8 Å². The van der Waals surface area contributed by atoms with E-state index in [-0.39, 0.29) is 5.78 Å². The summed E-state index contributed by atoms with van der Waals surface area (Å²) < 4.78 is 5.29. The Kier molecular flexibility index (Phi) is 4.58. The highest BCUT2D eigenvalue weighted by molar-refractivity contribution is 6.32. The van der Waals surface area contributed by atoms with Crippen LogP contribution in [0, 0.1) is 19.8 Å². The molecule has 3 heteroatoms. The molecule has 0 amide bonds. The maximum Gasteiger partial charge on any atom is 0.167 e. The van der Waals surface area contributed by atoms with Crippen molar-refractivity contribution >= 4 is 17.4 Å². The molecule has 0 atom stereocenters. The SMILES string of the molecule is COc1cc(C)c(Cl)c(C)c1C(=O)CC(C)C. The molecule has 1 aromatic rings. The van der Waals surface area contributed by atoms with E-state index in [1.165, 1.54) is 0 Å². The summed E-state index contributed by atoms with van der Waals surface area (Å²) in [4.78, 5) is 12.2. The highest BCUT2D eigenvalue weighted by Gasteiger charge is 2.19. The predicted octanol–water partition coefficient (Wildman–Crippen LogP) is 4.19. The molecule has 0 unspecified atom stereocenters. The maximum absolute atomic E-state index is 12.2. The average Bonchev–Trinajstić information content (AvgIpc) is 2.23. The van der Waals surface area contributed by atoms with Crippen molar-refractivity contribution in [3.63, 3.8) is 0 Å². The second-order valence-electron chi connectivity index (χ2n) is 4.73. The van der Waals surface area contributed by atoms with Crippen molar-refractivity contribution in [2.24, 2.45) is 5.92 Å². The van der Waals surface area contributed by atoms with Crippen LogP contribution < -0.4 is 4.74 Å². The van der Waals surface area contributed by atoms with E-state index in [1.54, 1.807) is 7.11 Å². The van der Waals surface area contributed by atoms with Crippen LogP contribution in [0.2, 0.25) is 5.02 Å². The van der Waals surface area contributed by atoms with Gasteiger partial charge in [-0.25, -0.2) is 0 Å². The molecular formula is C14H19ClO2. The Bertz CT molecular complexity index is 436. The average molecular weight is 255 g/mol. The summed E-state index contributed by atoms with van der Waals surface area (Å²) >= 11 is 6.18. The first-order chi connectivity index (χ1) is 7.88. The normalized spacial score (nSPS) is 10.8. The second-order valence-corrected chi connectivity index (χ2v) is 5.11. The molecule has 94 valence electrons. The van der Waals surface area contributed by atoms with Gasteiger partial charge in [-0.15, -0.1) is 0 Å². The number of hydrogen-bond donors (Lipinski definition) is 0. The zero-order chi connectivity index (χ0) is 13.2. The number of methoxy groups -OCH3 is 1. The summed E-state index contributed by atoms with van der Waals surface area (Å²) in [5.41, 5.74) is 2.37. The number of benzene rings is 1. The van der Waals surface area contributed by atoms with Crippen molar-refractivity contribution < 1.29 is 9.53 Å². The summed E-state index contributed by atoms with van der Waals surface area (Å²) in [6, 6.07) is 1.82. The number of aryl methyl sites for hydroxylation is 1. The van der Waals surface area contributed by atoms with Crippen LogP contribution in [0.25, 0.3) is 0 Å². The van der Waals surface area contributed by atoms with E-state index in [2.05, 4.69) is 0 Å². The van der Waals surface area contributed by atoms with Crippen LogP contribution in [0.5, 0.6) is 5.75 Å². The topological polar surface area (TPSA) is 26.3 Å². The summed E-state index contributed by atoms with van der Waals surface area (Å²) in [6.07, 6.45) is 0.511. The summed E-state index contributed by atoms with van der Waals surface area (Å²) in [6.45, 7) is 7.82. The number of carbonyl (C=O) groups excluding carboxylic acids is 1. The fourth-order valence-electron chi connectivity index (χ4n) is 1.90. The highest BCUT2D eigenvalue weighted by atomic mass is 35.5. The van der Waals surface area contributed by atoms with Crippen LogP contribution in [-0.4, -0.2) is 12.9 Å². The van der Waals surface area contributed by atoms with E-state index in [9.17, 15) is 4.79 Å². The van der Waals surface area contributed by atoms with Crippen molar-refractivity contribution in [1.82, 2.24) is 0 Å². The van der Waals surface area contributed by atoms with Crippen molar-refractivity contribution in [2.75, 3.05) is 7.11 Å². The molecule has 0 aliphatic carbocycles. The van der Waals surface area contributed by atoms with E-state index in [1.807, 2.05) is 33.8 Å². The van der Waals surface area contributed by atoms with Gasteiger partial charge >= 0.3 is 0 Å². The minimum Gasteiger partial charge on any atom is -0.496 e. The van der Waals surface area contributed by atoms with Gasteiger partial charge in [-0.05, 0) is 37.0 Å². The van der Waals surface area contributed by atoms with E-state index in [4.69, 9.17) is 16.3 Å². The van der Waals surface area contributed by atoms with Gasteiger partial charge in [-0.3, -0.25) is 4.79 Å². The first-order valence-corrected chi connectivity index (χ1v) is 6.13. The molecule has 0 radical (unpaired) electrons. The minimum absolute atomic E-state index is 0.0938. The number of ether oxygens (including phenoxy) is 1. The standard InChI is InChI=1S/C14H19ClO2/c1-8(2)6-11(16)13-10(4)14(15)9(3)7-12(13)17-5/h7-8H,6H2,1-5H3. The quantitative estimate of drug-likeness (QED) is 0.753. The maximum atomic E-state index is 12.2. The Morgan fingerprint density at radius 3 is 2.47 bits per heavy atom. The molecular weight excluding hydrogens is 236 g/mol. The number of rotatable bonds is 4. The van der Waals surface area contributed by atoms with Gasteiger partial charge in [0.1, 0.15) is 5.75 Å². The molecule has 0 spiro atoms. The van der Waals surface area contributed by atoms with Crippen molar-refractivity contribution in [2.45, 2.75) is 34.1 Å². The number of hydrogen-bond acceptors (Lipinski definition) is 2. The largest absolute Gasteiger partial charge is 0.496 e. The van der Waals surface area contributed by atoms with Crippen LogP contribution in [-0.2, 0) is 0 Å². The van der Waals surface area contributed by atoms with E-state index < -0.39 is 0 Å². The van der Waals surface area contributed by atoms with Gasteiger partial charge in [0.2, 0.25) is 0 Å². The Morgan fingerprint density at radius 2 is 2.00 bits per heavy atom. The molecule has 1 aromatic carbocycles. The highest BCUT2D eigenvalue weighted by Crippen LogP contribution is 2.32. The second kappa shape index (κ2) is 5.54. The lowest BCUT2D eigenvalue weighted by Crippen LogP contribution is -2.08. The van der Waals surface area contributed by atoms with Crippen molar-refractivity contribution in [3.05, 3.63) is 27.8 Å². The molecule has 0 N–H and O–H groups in total. The number of halogens is 1. The molecule has 0 saturated carbocycles. The Morgan fingerprint density at radius 1 is 1.41 bits per heavy atom. The molecule has 17 heavy (non-hydrogen) atoms. The smallest absolute Gasteiger partial charge is 0.167 e. The lowest BCUT2D eigenvalue weighted by Gasteiger charge is -2.15. The van der Waals surface area contributed by atoms with Gasteiger partial charge < -0.3 is 4.74 Å². The molecule has 2 nitrogen and oxygen atoms in total. The summed E-state index contributed by atoms with van der Waals surface area (Å²) in [7, 11) is 1.58. The zero-order valence-electron chi connectivity index (χ0n) is 11.1. The van der Waals surface area contributed by atoms with E-state index >= 15 is 0 Å². The molecule has 0 aliphatic rings. The monoisotopic (exact) mass is 254 g/mol. The zero-order valence-corrected chi connectivity index (χ0v) is 11.8. The van der Waals surface area contributed by atoms with Gasteiger partial charge in [-0.2, -0.15) is 0 Å². The third-order valence-electron chi connectivity index (χ3n) is 2.74. The van der Waals surface area contributed by atoms with Crippen LogP contribution in [0.15, 0.2) is 6.07 Å². The van der Waals surface area contributed by atoms with Gasteiger partial charge in [0.25, 0.3) is 0 Å². The summed E-state index contributed by atoms with van der Waals surface area (Å²) in [5, 5.41) is 0.651. The Hall–Kier alpha value is -1.02. The van der Waals surface area contributed by atoms with Crippen LogP contribution >= 0.6 is 11.6 Å². The Labute approximate surface area is 108 Å². The minimum atomic E-state index is 0.0938.